The van der Waals surface area contributed by atoms with Crippen LogP contribution in [-0.4, -0.2) is 28.6 Å². The molecule has 1 N–H and O–H groups in total. The standard InChI is InChI=1S/C21H23N3O2/c1-15-23-19-4-2-3-5-20(19)24(15)13-12-22-21(25)17-8-10-18(11-9-17)26-14-16-6-7-16/h2-5,8-11,16H,6-7,12-14H2,1H3,(H,22,25). The van der Waals surface area contributed by atoms with Gasteiger partial charge in [-0.1, -0.05) is 12.1 Å². The van der Waals surface area contributed by atoms with Gasteiger partial charge in [0.05, 0.1) is 17.6 Å². The maximum Gasteiger partial charge on any atom is 0.251 e. The first-order chi connectivity index (χ1) is 12.7. The van der Waals surface area contributed by atoms with Crippen molar-refractivity contribution in [2.75, 3.05) is 13.2 Å². The number of amides is 1. The Labute approximate surface area is 153 Å². The highest BCUT2D eigenvalue weighted by molar-refractivity contribution is 5.94. The van der Waals surface area contributed by atoms with Crippen LogP contribution in [0.25, 0.3) is 11.0 Å². The van der Waals surface area contributed by atoms with E-state index in [0.29, 0.717) is 18.7 Å². The quantitative estimate of drug-likeness (QED) is 0.709. The number of hydrogen-bond donors (Lipinski definition) is 1. The number of carbonyl (C=O) groups is 1. The molecule has 1 aliphatic rings. The molecule has 0 unspecified atom stereocenters. The summed E-state index contributed by atoms with van der Waals surface area (Å²) in [6.07, 6.45) is 2.54. The van der Waals surface area contributed by atoms with E-state index in [4.69, 9.17) is 4.74 Å². The fourth-order valence-electron chi connectivity index (χ4n) is 3.06. The number of ether oxygens (including phenoxy) is 1. The highest BCUT2D eigenvalue weighted by Crippen LogP contribution is 2.29. The van der Waals surface area contributed by atoms with Crippen LogP contribution in [0.4, 0.5) is 0 Å². The predicted octanol–water partition coefficient (Wildman–Crippen LogP) is 3.56. The third-order valence-corrected chi connectivity index (χ3v) is 4.77. The molecular formula is C21H23N3O2. The lowest BCUT2D eigenvalue weighted by Gasteiger charge is -2.09. The molecule has 0 spiro atoms. The minimum absolute atomic E-state index is 0.0687. The highest BCUT2D eigenvalue weighted by Gasteiger charge is 2.21. The SMILES string of the molecule is Cc1nc2ccccc2n1CCNC(=O)c1ccc(OCC2CC2)cc1. The van der Waals surface area contributed by atoms with Crippen LogP contribution in [0.5, 0.6) is 5.75 Å². The number of nitrogens with one attached hydrogen (secondary N) is 1. The molecular weight excluding hydrogens is 326 g/mol. The summed E-state index contributed by atoms with van der Waals surface area (Å²) in [6.45, 7) is 4.02. The van der Waals surface area contributed by atoms with Crippen LogP contribution >= 0.6 is 0 Å². The molecule has 1 aromatic heterocycles. The maximum absolute atomic E-state index is 12.3. The van der Waals surface area contributed by atoms with E-state index in [1.54, 1.807) is 0 Å². The molecule has 1 heterocycles. The zero-order valence-corrected chi connectivity index (χ0v) is 14.9. The van der Waals surface area contributed by atoms with Gasteiger partial charge in [0.25, 0.3) is 5.91 Å². The summed E-state index contributed by atoms with van der Waals surface area (Å²) in [5.74, 6) is 2.44. The molecule has 5 nitrogen and oxygen atoms in total. The molecule has 5 heteroatoms. The van der Waals surface area contributed by atoms with Gasteiger partial charge in [-0.15, -0.1) is 0 Å². The highest BCUT2D eigenvalue weighted by atomic mass is 16.5. The van der Waals surface area contributed by atoms with E-state index < -0.39 is 0 Å². The van der Waals surface area contributed by atoms with Crippen LogP contribution in [0, 0.1) is 12.8 Å². The van der Waals surface area contributed by atoms with Crippen molar-refractivity contribution >= 4 is 16.9 Å². The smallest absolute Gasteiger partial charge is 0.251 e. The van der Waals surface area contributed by atoms with Gasteiger partial charge in [-0.2, -0.15) is 0 Å². The fourth-order valence-corrected chi connectivity index (χ4v) is 3.06. The molecule has 0 radical (unpaired) electrons. The molecule has 0 atom stereocenters. The van der Waals surface area contributed by atoms with Crippen molar-refractivity contribution in [3.8, 4) is 5.75 Å². The molecule has 4 rings (SSSR count). The Morgan fingerprint density at radius 3 is 2.73 bits per heavy atom. The number of fused-ring (bicyclic) bond motifs is 1. The van der Waals surface area contributed by atoms with Gasteiger partial charge in [0.1, 0.15) is 11.6 Å². The third-order valence-electron chi connectivity index (χ3n) is 4.77. The third kappa shape index (κ3) is 3.72. The molecule has 134 valence electrons. The minimum Gasteiger partial charge on any atom is -0.493 e. The van der Waals surface area contributed by atoms with Crippen molar-refractivity contribution in [3.05, 3.63) is 59.9 Å². The largest absolute Gasteiger partial charge is 0.493 e. The molecule has 0 aliphatic heterocycles. The number of carbonyl (C=O) groups excluding carboxylic acids is 1. The molecule has 3 aromatic rings. The van der Waals surface area contributed by atoms with Crippen LogP contribution in [0.1, 0.15) is 29.0 Å². The second-order valence-electron chi connectivity index (χ2n) is 6.83. The molecule has 26 heavy (non-hydrogen) atoms. The molecule has 2 aromatic carbocycles. The second kappa shape index (κ2) is 7.20. The summed E-state index contributed by atoms with van der Waals surface area (Å²) >= 11 is 0. The molecule has 1 saturated carbocycles. The minimum atomic E-state index is -0.0687. The van der Waals surface area contributed by atoms with Crippen LogP contribution in [-0.2, 0) is 6.54 Å². The Kier molecular flexibility index (Phi) is 4.61. The van der Waals surface area contributed by atoms with Gasteiger partial charge in [-0.3, -0.25) is 4.79 Å². The molecule has 0 bridgehead atoms. The number of para-hydroxylation sites is 2. The van der Waals surface area contributed by atoms with E-state index in [-0.39, 0.29) is 5.91 Å². The number of benzene rings is 2. The number of aryl methyl sites for hydroxylation is 1. The molecule has 0 saturated heterocycles. The van der Waals surface area contributed by atoms with Crippen LogP contribution in [0.15, 0.2) is 48.5 Å². The van der Waals surface area contributed by atoms with Gasteiger partial charge < -0.3 is 14.6 Å². The lowest BCUT2D eigenvalue weighted by Crippen LogP contribution is -2.27. The Hall–Kier alpha value is -2.82. The topological polar surface area (TPSA) is 56.2 Å². The zero-order chi connectivity index (χ0) is 17.9. The summed E-state index contributed by atoms with van der Waals surface area (Å²) in [5, 5.41) is 2.98. The van der Waals surface area contributed by atoms with Crippen LogP contribution in [0.2, 0.25) is 0 Å². The fraction of sp³-hybridized carbons (Fsp3) is 0.333. The zero-order valence-electron chi connectivity index (χ0n) is 14.9. The first kappa shape index (κ1) is 16.6. The lowest BCUT2D eigenvalue weighted by atomic mass is 10.2. The average Bonchev–Trinajstić information content (AvgIpc) is 3.44. The van der Waals surface area contributed by atoms with Crippen molar-refractivity contribution < 1.29 is 9.53 Å². The van der Waals surface area contributed by atoms with E-state index in [2.05, 4.69) is 20.9 Å². The van der Waals surface area contributed by atoms with Crippen LogP contribution in [0.3, 0.4) is 0 Å². The van der Waals surface area contributed by atoms with Crippen LogP contribution < -0.4 is 10.1 Å². The molecule has 1 aliphatic carbocycles. The lowest BCUT2D eigenvalue weighted by molar-refractivity contribution is 0.0952. The van der Waals surface area contributed by atoms with Crippen molar-refractivity contribution in [2.45, 2.75) is 26.3 Å². The average molecular weight is 349 g/mol. The van der Waals surface area contributed by atoms with Gasteiger partial charge in [-0.25, -0.2) is 4.98 Å². The van der Waals surface area contributed by atoms with Crippen molar-refractivity contribution in [1.29, 1.82) is 0 Å². The summed E-state index contributed by atoms with van der Waals surface area (Å²) in [6, 6.07) is 15.4. The summed E-state index contributed by atoms with van der Waals surface area (Å²) in [4.78, 5) is 16.9. The Bertz CT molecular complexity index is 911. The van der Waals surface area contributed by atoms with Crippen molar-refractivity contribution in [3.63, 3.8) is 0 Å². The monoisotopic (exact) mass is 349 g/mol. The normalized spacial score (nSPS) is 13.7. The summed E-state index contributed by atoms with van der Waals surface area (Å²) in [5.41, 5.74) is 2.73. The number of nitrogens with zero attached hydrogens (tertiary/aromatic N) is 2. The molecule has 1 amide bonds. The van der Waals surface area contributed by atoms with Gasteiger partial charge >= 0.3 is 0 Å². The number of rotatable bonds is 7. The first-order valence-electron chi connectivity index (χ1n) is 9.13. The van der Waals surface area contributed by atoms with E-state index in [9.17, 15) is 4.79 Å². The Morgan fingerprint density at radius 1 is 1.19 bits per heavy atom. The summed E-state index contributed by atoms with van der Waals surface area (Å²) in [7, 11) is 0. The second-order valence-corrected chi connectivity index (χ2v) is 6.83. The van der Waals surface area contributed by atoms with Gasteiger partial charge in [0.15, 0.2) is 0 Å². The first-order valence-corrected chi connectivity index (χ1v) is 9.13. The van der Waals surface area contributed by atoms with Crippen molar-refractivity contribution in [2.24, 2.45) is 5.92 Å². The number of aromatic nitrogens is 2. The predicted molar refractivity (Wildman–Crippen MR) is 101 cm³/mol. The number of hydrogen-bond acceptors (Lipinski definition) is 3. The van der Waals surface area contributed by atoms with E-state index in [1.165, 1.54) is 12.8 Å². The summed E-state index contributed by atoms with van der Waals surface area (Å²) < 4.78 is 7.84. The maximum atomic E-state index is 12.3. The van der Waals surface area contributed by atoms with Crippen molar-refractivity contribution in [1.82, 2.24) is 14.9 Å². The van der Waals surface area contributed by atoms with E-state index >= 15 is 0 Å². The Balaban J connectivity index is 1.32. The van der Waals surface area contributed by atoms with Gasteiger partial charge in [0.2, 0.25) is 0 Å². The molecule has 1 fully saturated rings. The Morgan fingerprint density at radius 2 is 1.96 bits per heavy atom. The van der Waals surface area contributed by atoms with Gasteiger partial charge in [0, 0.05) is 18.7 Å². The van der Waals surface area contributed by atoms with E-state index in [1.807, 2.05) is 49.4 Å². The van der Waals surface area contributed by atoms with Gasteiger partial charge in [-0.05, 0) is 62.1 Å². The number of imidazole rings is 1. The van der Waals surface area contributed by atoms with E-state index in [0.717, 1.165) is 35.1 Å².